The zero-order valence-electron chi connectivity index (χ0n) is 13.4. The molecule has 1 saturated heterocycles. The quantitative estimate of drug-likeness (QED) is 0.902. The maximum Gasteiger partial charge on any atom is 0.433 e. The van der Waals surface area contributed by atoms with Crippen molar-refractivity contribution in [2.24, 2.45) is 0 Å². The van der Waals surface area contributed by atoms with Crippen LogP contribution in [0.3, 0.4) is 0 Å². The van der Waals surface area contributed by atoms with Crippen molar-refractivity contribution in [3.05, 3.63) is 36.2 Å². The first-order chi connectivity index (χ1) is 12.0. The summed E-state index contributed by atoms with van der Waals surface area (Å²) in [6.07, 6.45) is -3.06. The van der Waals surface area contributed by atoms with Gasteiger partial charge in [-0.15, -0.1) is 0 Å². The summed E-state index contributed by atoms with van der Waals surface area (Å²) in [7, 11) is 0. The Balaban J connectivity index is 1.91. The van der Waals surface area contributed by atoms with Crippen molar-refractivity contribution in [3.8, 4) is 11.5 Å². The van der Waals surface area contributed by atoms with Crippen molar-refractivity contribution in [2.75, 3.05) is 44.2 Å². The molecule has 1 aliphatic heterocycles. The highest BCUT2D eigenvalue weighted by Gasteiger charge is 2.34. The van der Waals surface area contributed by atoms with Crippen molar-refractivity contribution in [1.29, 1.82) is 0 Å². The molecule has 0 aromatic carbocycles. The fourth-order valence-electron chi connectivity index (χ4n) is 2.69. The second-order valence-corrected chi connectivity index (χ2v) is 5.70. The van der Waals surface area contributed by atoms with E-state index in [1.165, 1.54) is 6.20 Å². The van der Waals surface area contributed by atoms with Crippen LogP contribution in [-0.2, 0) is 6.18 Å². The number of anilines is 1. The number of β-amino-alcohol motifs (C(OH)–C–C–N with tert-alkyl or cyclic N) is 1. The van der Waals surface area contributed by atoms with E-state index >= 15 is 0 Å². The summed E-state index contributed by atoms with van der Waals surface area (Å²) in [6.45, 7) is 3.02. The van der Waals surface area contributed by atoms with E-state index in [4.69, 9.17) is 5.11 Å². The molecule has 0 unspecified atom stereocenters. The van der Waals surface area contributed by atoms with Crippen LogP contribution in [0.15, 0.2) is 30.5 Å². The highest BCUT2D eigenvalue weighted by Crippen LogP contribution is 2.31. The van der Waals surface area contributed by atoms with Crippen molar-refractivity contribution >= 4 is 5.82 Å². The molecule has 2 aromatic rings. The van der Waals surface area contributed by atoms with Crippen LogP contribution in [-0.4, -0.2) is 64.3 Å². The molecule has 1 aliphatic rings. The van der Waals surface area contributed by atoms with Gasteiger partial charge in [-0.25, -0.2) is 9.97 Å². The van der Waals surface area contributed by atoms with Gasteiger partial charge in [-0.05, 0) is 12.1 Å². The first-order valence-electron chi connectivity index (χ1n) is 7.93. The normalized spacial score (nSPS) is 16.2. The van der Waals surface area contributed by atoms with Crippen LogP contribution < -0.4 is 4.90 Å². The second-order valence-electron chi connectivity index (χ2n) is 5.70. The Hall–Kier alpha value is -2.26. The molecule has 6 nitrogen and oxygen atoms in total. The number of pyridine rings is 1. The summed E-state index contributed by atoms with van der Waals surface area (Å²) in [5.41, 5.74) is -0.676. The van der Waals surface area contributed by atoms with Gasteiger partial charge in [0.15, 0.2) is 11.5 Å². The van der Waals surface area contributed by atoms with Gasteiger partial charge >= 0.3 is 6.18 Å². The van der Waals surface area contributed by atoms with E-state index in [0.29, 0.717) is 38.4 Å². The number of aliphatic hydroxyl groups is 1. The molecule has 9 heteroatoms. The molecule has 3 rings (SSSR count). The molecule has 0 spiro atoms. The zero-order chi connectivity index (χ0) is 17.9. The summed E-state index contributed by atoms with van der Waals surface area (Å²) in [5.74, 6) is 0.204. The molecule has 0 amide bonds. The predicted octanol–water partition coefficient (Wildman–Crippen LogP) is 1.67. The minimum absolute atomic E-state index is 0.0387. The fourth-order valence-corrected chi connectivity index (χ4v) is 2.69. The SMILES string of the molecule is OCCN1CCN(c2cc(C(F)(F)F)nc(-c3ccccn3)n2)CC1. The number of aliphatic hydroxyl groups excluding tert-OH is 1. The third-order valence-corrected chi connectivity index (χ3v) is 4.01. The molecule has 1 fully saturated rings. The number of halogens is 3. The highest BCUT2D eigenvalue weighted by molar-refractivity contribution is 5.54. The maximum atomic E-state index is 13.2. The minimum atomic E-state index is -4.56. The lowest BCUT2D eigenvalue weighted by molar-refractivity contribution is -0.141. The molecule has 3 heterocycles. The molecule has 0 aliphatic carbocycles. The fraction of sp³-hybridized carbons (Fsp3) is 0.438. The largest absolute Gasteiger partial charge is 0.433 e. The third-order valence-electron chi connectivity index (χ3n) is 4.01. The van der Waals surface area contributed by atoms with Crippen molar-refractivity contribution in [3.63, 3.8) is 0 Å². The molecule has 25 heavy (non-hydrogen) atoms. The van der Waals surface area contributed by atoms with Crippen LogP contribution >= 0.6 is 0 Å². The summed E-state index contributed by atoms with van der Waals surface area (Å²) >= 11 is 0. The van der Waals surface area contributed by atoms with Gasteiger partial charge in [-0.1, -0.05) is 6.07 Å². The van der Waals surface area contributed by atoms with Crippen LogP contribution in [0.25, 0.3) is 11.5 Å². The van der Waals surface area contributed by atoms with Gasteiger partial charge < -0.3 is 10.0 Å². The summed E-state index contributed by atoms with van der Waals surface area (Å²) in [6, 6.07) is 5.92. The average Bonchev–Trinajstić information content (AvgIpc) is 2.62. The number of hydrogen-bond donors (Lipinski definition) is 1. The number of alkyl halides is 3. The molecule has 1 N–H and O–H groups in total. The van der Waals surface area contributed by atoms with Gasteiger partial charge in [0.2, 0.25) is 0 Å². The lowest BCUT2D eigenvalue weighted by atomic mass is 10.2. The Bertz CT molecular complexity index is 703. The summed E-state index contributed by atoms with van der Waals surface area (Å²) in [5, 5.41) is 8.98. The molecule has 2 aromatic heterocycles. The minimum Gasteiger partial charge on any atom is -0.395 e. The first-order valence-corrected chi connectivity index (χ1v) is 7.93. The molecule has 0 bridgehead atoms. The molecule has 0 saturated carbocycles. The van der Waals surface area contributed by atoms with E-state index in [2.05, 4.69) is 19.9 Å². The number of piperazine rings is 1. The van der Waals surface area contributed by atoms with E-state index in [1.807, 2.05) is 0 Å². The summed E-state index contributed by atoms with van der Waals surface area (Å²) < 4.78 is 39.7. The van der Waals surface area contributed by atoms with Gasteiger partial charge in [-0.3, -0.25) is 9.88 Å². The third kappa shape index (κ3) is 4.23. The van der Waals surface area contributed by atoms with Gasteiger partial charge in [0, 0.05) is 45.0 Å². The van der Waals surface area contributed by atoms with E-state index in [0.717, 1.165) is 6.07 Å². The number of aromatic nitrogens is 3. The van der Waals surface area contributed by atoms with Crippen LogP contribution in [0.2, 0.25) is 0 Å². The van der Waals surface area contributed by atoms with Gasteiger partial charge in [0.05, 0.1) is 6.61 Å². The lowest BCUT2D eigenvalue weighted by Gasteiger charge is -2.35. The Morgan fingerprint density at radius 3 is 2.44 bits per heavy atom. The van der Waals surface area contributed by atoms with Gasteiger partial charge in [0.25, 0.3) is 0 Å². The van der Waals surface area contributed by atoms with Crippen LogP contribution in [0.4, 0.5) is 19.0 Å². The van der Waals surface area contributed by atoms with Gasteiger partial charge in [0.1, 0.15) is 11.5 Å². The maximum absolute atomic E-state index is 13.2. The second kappa shape index (κ2) is 7.32. The van der Waals surface area contributed by atoms with Crippen molar-refractivity contribution < 1.29 is 18.3 Å². The number of rotatable bonds is 4. The van der Waals surface area contributed by atoms with Crippen molar-refractivity contribution in [2.45, 2.75) is 6.18 Å². The summed E-state index contributed by atoms with van der Waals surface area (Å²) in [4.78, 5) is 15.8. The number of hydrogen-bond acceptors (Lipinski definition) is 6. The topological polar surface area (TPSA) is 65.4 Å². The monoisotopic (exact) mass is 353 g/mol. The molecular formula is C16H18F3N5O. The van der Waals surface area contributed by atoms with E-state index in [-0.39, 0.29) is 18.2 Å². The Labute approximate surface area is 143 Å². The lowest BCUT2D eigenvalue weighted by Crippen LogP contribution is -2.47. The van der Waals surface area contributed by atoms with Crippen LogP contribution in [0.1, 0.15) is 5.69 Å². The first kappa shape index (κ1) is 17.6. The van der Waals surface area contributed by atoms with Gasteiger partial charge in [-0.2, -0.15) is 13.2 Å². The van der Waals surface area contributed by atoms with E-state index in [9.17, 15) is 13.2 Å². The van der Waals surface area contributed by atoms with Crippen molar-refractivity contribution in [1.82, 2.24) is 19.9 Å². The Kier molecular flexibility index (Phi) is 5.14. The zero-order valence-corrected chi connectivity index (χ0v) is 13.4. The van der Waals surface area contributed by atoms with Crippen LogP contribution in [0, 0.1) is 0 Å². The Morgan fingerprint density at radius 2 is 1.84 bits per heavy atom. The molecular weight excluding hydrogens is 335 g/mol. The number of nitrogens with zero attached hydrogens (tertiary/aromatic N) is 5. The molecule has 134 valence electrons. The standard InChI is InChI=1S/C16H18F3N5O/c17-16(18,19)13-11-14(24-7-5-23(6-8-24)9-10-25)22-15(21-13)12-3-1-2-4-20-12/h1-4,11,25H,5-10H2. The smallest absolute Gasteiger partial charge is 0.395 e. The van der Waals surface area contributed by atoms with E-state index < -0.39 is 11.9 Å². The average molecular weight is 353 g/mol. The highest BCUT2D eigenvalue weighted by atomic mass is 19.4. The molecule has 0 radical (unpaired) electrons. The predicted molar refractivity (Wildman–Crippen MR) is 86.0 cm³/mol. The van der Waals surface area contributed by atoms with Crippen LogP contribution in [0.5, 0.6) is 0 Å². The molecule has 0 atom stereocenters. The Morgan fingerprint density at radius 1 is 1.08 bits per heavy atom. The van der Waals surface area contributed by atoms with E-state index in [1.54, 1.807) is 23.1 Å².